The molecule has 3 aliphatic rings. The summed E-state index contributed by atoms with van der Waals surface area (Å²) in [6.45, 7) is 3.45. The molecule has 132 valence electrons. The molecule has 2 bridgehead atoms. The molecule has 0 spiro atoms. The molecule has 1 aliphatic heterocycles. The summed E-state index contributed by atoms with van der Waals surface area (Å²) in [4.78, 5) is 30.8. The highest BCUT2D eigenvalue weighted by molar-refractivity contribution is 6.06. The van der Waals surface area contributed by atoms with Gasteiger partial charge in [0, 0.05) is 26.2 Å². The fourth-order valence-corrected chi connectivity index (χ4v) is 4.06. The smallest absolute Gasteiger partial charge is 0.233 e. The van der Waals surface area contributed by atoms with Crippen molar-refractivity contribution in [3.05, 3.63) is 12.2 Å². The van der Waals surface area contributed by atoms with Crippen LogP contribution in [0.1, 0.15) is 19.8 Å². The van der Waals surface area contributed by atoms with E-state index in [2.05, 4.69) is 27.8 Å². The Morgan fingerprint density at radius 1 is 1.25 bits per heavy atom. The number of halogens is 1. The SMILES string of the molecule is CCNC(=NCCCF)NCCN1C(=O)C2C3C=CC(C3)C2C1=O. The van der Waals surface area contributed by atoms with Crippen LogP contribution in [0.15, 0.2) is 17.1 Å². The van der Waals surface area contributed by atoms with Gasteiger partial charge in [0.15, 0.2) is 5.96 Å². The lowest BCUT2D eigenvalue weighted by Crippen LogP contribution is -2.43. The van der Waals surface area contributed by atoms with Crippen LogP contribution in [-0.2, 0) is 9.59 Å². The van der Waals surface area contributed by atoms with Gasteiger partial charge in [-0.3, -0.25) is 23.9 Å². The van der Waals surface area contributed by atoms with Crippen LogP contribution in [0.2, 0.25) is 0 Å². The van der Waals surface area contributed by atoms with Gasteiger partial charge in [-0.05, 0) is 31.6 Å². The first-order valence-corrected chi connectivity index (χ1v) is 8.79. The van der Waals surface area contributed by atoms with Gasteiger partial charge >= 0.3 is 0 Å². The van der Waals surface area contributed by atoms with Crippen LogP contribution in [0.5, 0.6) is 0 Å². The third kappa shape index (κ3) is 3.03. The second kappa shape index (κ2) is 7.32. The van der Waals surface area contributed by atoms with Gasteiger partial charge in [0.1, 0.15) is 0 Å². The Morgan fingerprint density at radius 3 is 2.50 bits per heavy atom. The van der Waals surface area contributed by atoms with Crippen LogP contribution in [0, 0.1) is 23.7 Å². The summed E-state index contributed by atoms with van der Waals surface area (Å²) in [5.74, 6) is 0.749. The number of imide groups is 1. The summed E-state index contributed by atoms with van der Waals surface area (Å²) in [5, 5.41) is 6.18. The highest BCUT2D eigenvalue weighted by Crippen LogP contribution is 2.52. The van der Waals surface area contributed by atoms with Crippen molar-refractivity contribution in [3.8, 4) is 0 Å². The van der Waals surface area contributed by atoms with E-state index in [1.165, 1.54) is 4.90 Å². The standard InChI is InChI=1S/C17H25FN4O2/c1-2-19-17(20-7-3-6-18)21-8-9-22-15(23)13-11-4-5-12(10-11)14(13)16(22)24/h4-5,11-14H,2-3,6-10H2,1H3,(H2,19,20,21). The maximum absolute atomic E-state index is 12.6. The molecule has 1 saturated heterocycles. The molecular weight excluding hydrogens is 311 g/mol. The minimum absolute atomic E-state index is 0.0250. The largest absolute Gasteiger partial charge is 0.357 e. The molecule has 4 atom stereocenters. The van der Waals surface area contributed by atoms with E-state index in [1.807, 2.05) is 6.92 Å². The molecule has 0 aromatic heterocycles. The second-order valence-electron chi connectivity index (χ2n) is 6.56. The Morgan fingerprint density at radius 2 is 1.92 bits per heavy atom. The van der Waals surface area contributed by atoms with Crippen molar-refractivity contribution < 1.29 is 14.0 Å². The molecular formula is C17H25FN4O2. The second-order valence-corrected chi connectivity index (χ2v) is 6.56. The zero-order valence-corrected chi connectivity index (χ0v) is 14.0. The number of hydrogen-bond acceptors (Lipinski definition) is 3. The molecule has 2 aliphatic carbocycles. The average Bonchev–Trinajstić information content (AvgIpc) is 3.24. The van der Waals surface area contributed by atoms with E-state index in [1.54, 1.807) is 0 Å². The van der Waals surface area contributed by atoms with E-state index in [-0.39, 0.29) is 35.5 Å². The molecule has 2 N–H and O–H groups in total. The number of fused-ring (bicyclic) bond motifs is 5. The van der Waals surface area contributed by atoms with Gasteiger partial charge < -0.3 is 10.6 Å². The number of amides is 2. The zero-order valence-electron chi connectivity index (χ0n) is 14.0. The van der Waals surface area contributed by atoms with Crippen molar-refractivity contribution in [1.29, 1.82) is 0 Å². The molecule has 1 saturated carbocycles. The first-order chi connectivity index (χ1) is 11.7. The van der Waals surface area contributed by atoms with Crippen molar-refractivity contribution in [2.75, 3.05) is 32.9 Å². The first kappa shape index (κ1) is 16.9. The summed E-state index contributed by atoms with van der Waals surface area (Å²) in [6, 6.07) is 0. The van der Waals surface area contributed by atoms with Gasteiger partial charge in [0.05, 0.1) is 18.5 Å². The minimum Gasteiger partial charge on any atom is -0.357 e. The van der Waals surface area contributed by atoms with Gasteiger partial charge in [0.25, 0.3) is 0 Å². The predicted octanol–water partition coefficient (Wildman–Crippen LogP) is 0.708. The number of guanidine groups is 1. The third-order valence-electron chi connectivity index (χ3n) is 5.10. The molecule has 6 nitrogen and oxygen atoms in total. The number of nitrogens with one attached hydrogen (secondary N) is 2. The Kier molecular flexibility index (Phi) is 5.16. The van der Waals surface area contributed by atoms with Gasteiger partial charge in [-0.15, -0.1) is 0 Å². The lowest BCUT2D eigenvalue weighted by atomic mass is 9.85. The molecule has 2 amide bonds. The molecule has 0 aromatic carbocycles. The van der Waals surface area contributed by atoms with Crippen molar-refractivity contribution in [2.24, 2.45) is 28.7 Å². The van der Waals surface area contributed by atoms with Crippen LogP contribution in [-0.4, -0.2) is 55.5 Å². The number of likely N-dealkylation sites (tertiary alicyclic amines) is 1. The van der Waals surface area contributed by atoms with Gasteiger partial charge in [-0.1, -0.05) is 12.2 Å². The Labute approximate surface area is 141 Å². The summed E-state index contributed by atoms with van der Waals surface area (Å²) in [5.41, 5.74) is 0. The molecule has 0 aromatic rings. The first-order valence-electron chi connectivity index (χ1n) is 8.79. The van der Waals surface area contributed by atoms with Gasteiger partial charge in [-0.25, -0.2) is 0 Å². The van der Waals surface area contributed by atoms with Crippen LogP contribution in [0.3, 0.4) is 0 Å². The number of nitrogens with zero attached hydrogens (tertiary/aromatic N) is 2. The number of rotatable bonds is 7. The fraction of sp³-hybridized carbons (Fsp3) is 0.706. The number of hydrogen-bond donors (Lipinski definition) is 2. The number of carbonyl (C=O) groups excluding carboxylic acids is 2. The fourth-order valence-electron chi connectivity index (χ4n) is 4.06. The van der Waals surface area contributed by atoms with Crippen molar-refractivity contribution in [1.82, 2.24) is 15.5 Å². The number of alkyl halides is 1. The molecule has 24 heavy (non-hydrogen) atoms. The minimum atomic E-state index is -0.390. The predicted molar refractivity (Wildman–Crippen MR) is 89.0 cm³/mol. The molecule has 3 rings (SSSR count). The summed E-state index contributed by atoms with van der Waals surface area (Å²) >= 11 is 0. The van der Waals surface area contributed by atoms with E-state index in [0.29, 0.717) is 38.6 Å². The number of aliphatic imine (C=N–C) groups is 1. The van der Waals surface area contributed by atoms with Crippen molar-refractivity contribution in [3.63, 3.8) is 0 Å². The lowest BCUT2D eigenvalue weighted by molar-refractivity contribution is -0.140. The van der Waals surface area contributed by atoms with Gasteiger partial charge in [-0.2, -0.15) is 0 Å². The topological polar surface area (TPSA) is 73.8 Å². The van der Waals surface area contributed by atoms with Crippen LogP contribution < -0.4 is 10.6 Å². The van der Waals surface area contributed by atoms with E-state index in [0.717, 1.165) is 6.42 Å². The average molecular weight is 336 g/mol. The highest BCUT2D eigenvalue weighted by atomic mass is 19.1. The van der Waals surface area contributed by atoms with E-state index >= 15 is 0 Å². The van der Waals surface area contributed by atoms with E-state index in [9.17, 15) is 14.0 Å². The lowest BCUT2D eigenvalue weighted by Gasteiger charge is -2.18. The molecule has 4 unspecified atom stereocenters. The Balaban J connectivity index is 1.52. The molecule has 1 heterocycles. The highest BCUT2D eigenvalue weighted by Gasteiger charge is 2.58. The van der Waals surface area contributed by atoms with Crippen LogP contribution >= 0.6 is 0 Å². The van der Waals surface area contributed by atoms with Gasteiger partial charge in [0.2, 0.25) is 11.8 Å². The number of allylic oxidation sites excluding steroid dienone is 2. The van der Waals surface area contributed by atoms with Crippen LogP contribution in [0.4, 0.5) is 4.39 Å². The van der Waals surface area contributed by atoms with Crippen LogP contribution in [0.25, 0.3) is 0 Å². The van der Waals surface area contributed by atoms with E-state index in [4.69, 9.17) is 0 Å². The molecule has 7 heteroatoms. The molecule has 0 radical (unpaired) electrons. The summed E-state index contributed by atoms with van der Waals surface area (Å²) in [7, 11) is 0. The maximum Gasteiger partial charge on any atom is 0.233 e. The Hall–Kier alpha value is -1.92. The van der Waals surface area contributed by atoms with E-state index < -0.39 is 6.67 Å². The van der Waals surface area contributed by atoms with Crippen molar-refractivity contribution in [2.45, 2.75) is 19.8 Å². The monoisotopic (exact) mass is 336 g/mol. The summed E-state index contributed by atoms with van der Waals surface area (Å²) < 4.78 is 12.2. The third-order valence-corrected chi connectivity index (χ3v) is 5.10. The molecule has 2 fully saturated rings. The number of carbonyl (C=O) groups is 2. The quantitative estimate of drug-likeness (QED) is 0.236. The maximum atomic E-state index is 12.6. The van der Waals surface area contributed by atoms with Crippen molar-refractivity contribution >= 4 is 17.8 Å². The Bertz CT molecular complexity index is 533. The summed E-state index contributed by atoms with van der Waals surface area (Å²) in [6.07, 6.45) is 5.53. The normalized spacial score (nSPS) is 31.1. The zero-order chi connectivity index (χ0) is 17.1.